The lowest BCUT2D eigenvalue weighted by Gasteiger charge is -2.10. The molecule has 0 saturated heterocycles. The number of fused-ring (bicyclic) bond motifs is 1. The van der Waals surface area contributed by atoms with Crippen molar-refractivity contribution in [3.63, 3.8) is 0 Å². The van der Waals surface area contributed by atoms with Crippen LogP contribution in [0.2, 0.25) is 0 Å². The molecule has 3 rings (SSSR count). The standard InChI is InChI=1S/C22H19N3O3S/c1-28-18-12-9-17(10-13-18)21(27)24-25-22(29)23-20(26)14-11-16-7-4-6-15-5-2-3-8-19(15)16/h2-14H,1H3,(H,24,27)(H2,23,25,26,29). The van der Waals surface area contributed by atoms with Crippen molar-refractivity contribution in [3.8, 4) is 5.75 Å². The van der Waals surface area contributed by atoms with Gasteiger partial charge >= 0.3 is 0 Å². The summed E-state index contributed by atoms with van der Waals surface area (Å²) < 4.78 is 5.05. The molecule has 0 fully saturated rings. The number of ether oxygens (including phenoxy) is 1. The first-order valence-electron chi connectivity index (χ1n) is 8.78. The molecular formula is C22H19N3O3S. The van der Waals surface area contributed by atoms with Crippen molar-refractivity contribution >= 4 is 46.0 Å². The van der Waals surface area contributed by atoms with E-state index < -0.39 is 11.8 Å². The molecule has 0 atom stereocenters. The Labute approximate surface area is 173 Å². The Morgan fingerprint density at radius 2 is 1.66 bits per heavy atom. The average molecular weight is 405 g/mol. The van der Waals surface area contributed by atoms with Gasteiger partial charge in [0.15, 0.2) is 5.11 Å². The number of thiocarbonyl (C=S) groups is 1. The Balaban J connectivity index is 1.52. The first kappa shape index (κ1) is 20.0. The summed E-state index contributed by atoms with van der Waals surface area (Å²) in [5, 5.41) is 4.61. The summed E-state index contributed by atoms with van der Waals surface area (Å²) in [5.74, 6) is -0.153. The minimum Gasteiger partial charge on any atom is -0.497 e. The highest BCUT2D eigenvalue weighted by atomic mass is 32.1. The number of nitrogens with one attached hydrogen (secondary N) is 3. The molecule has 7 heteroatoms. The smallest absolute Gasteiger partial charge is 0.269 e. The van der Waals surface area contributed by atoms with Gasteiger partial charge in [0.1, 0.15) is 5.75 Å². The minimum atomic E-state index is -0.408. The van der Waals surface area contributed by atoms with Crippen LogP contribution in [0.4, 0.5) is 0 Å². The molecule has 0 aliphatic carbocycles. The lowest BCUT2D eigenvalue weighted by molar-refractivity contribution is -0.115. The third-order valence-corrected chi connectivity index (χ3v) is 4.32. The predicted octanol–water partition coefficient (Wildman–Crippen LogP) is 3.20. The maximum Gasteiger partial charge on any atom is 0.269 e. The second kappa shape index (κ2) is 9.48. The van der Waals surface area contributed by atoms with Crippen LogP contribution < -0.4 is 20.9 Å². The predicted molar refractivity (Wildman–Crippen MR) is 117 cm³/mol. The van der Waals surface area contributed by atoms with Crippen LogP contribution in [0.15, 0.2) is 72.8 Å². The summed E-state index contributed by atoms with van der Waals surface area (Å²) in [6.45, 7) is 0. The molecule has 2 amide bonds. The fourth-order valence-corrected chi connectivity index (χ4v) is 2.83. The quantitative estimate of drug-likeness (QED) is 0.353. The summed E-state index contributed by atoms with van der Waals surface area (Å²) in [7, 11) is 1.55. The van der Waals surface area contributed by atoms with E-state index in [1.807, 2.05) is 42.5 Å². The van der Waals surface area contributed by atoms with Gasteiger partial charge in [-0.25, -0.2) is 0 Å². The maximum absolute atomic E-state index is 12.1. The number of hydrogen-bond donors (Lipinski definition) is 3. The topological polar surface area (TPSA) is 79.5 Å². The second-order valence-corrected chi connectivity index (χ2v) is 6.44. The SMILES string of the molecule is COc1ccc(C(=O)NNC(=S)NC(=O)C=Cc2cccc3ccccc23)cc1. The molecule has 0 aromatic heterocycles. The van der Waals surface area contributed by atoms with Gasteiger partial charge in [0.05, 0.1) is 7.11 Å². The summed E-state index contributed by atoms with van der Waals surface area (Å²) in [6, 6.07) is 20.4. The van der Waals surface area contributed by atoms with Crippen LogP contribution >= 0.6 is 12.2 Å². The first-order valence-corrected chi connectivity index (χ1v) is 9.19. The Kier molecular flexibility index (Phi) is 6.55. The van der Waals surface area contributed by atoms with Crippen molar-refractivity contribution in [1.82, 2.24) is 16.2 Å². The second-order valence-electron chi connectivity index (χ2n) is 6.03. The molecule has 3 N–H and O–H groups in total. The van der Waals surface area contributed by atoms with Gasteiger partial charge < -0.3 is 4.74 Å². The molecule has 146 valence electrons. The Morgan fingerprint density at radius 3 is 2.41 bits per heavy atom. The highest BCUT2D eigenvalue weighted by Crippen LogP contribution is 2.19. The zero-order chi connectivity index (χ0) is 20.6. The Morgan fingerprint density at radius 1 is 0.931 bits per heavy atom. The van der Waals surface area contributed by atoms with Gasteiger partial charge in [0.25, 0.3) is 5.91 Å². The molecule has 0 heterocycles. The Hall–Kier alpha value is -3.71. The summed E-state index contributed by atoms with van der Waals surface area (Å²) in [4.78, 5) is 24.2. The van der Waals surface area contributed by atoms with E-state index in [9.17, 15) is 9.59 Å². The molecule has 6 nitrogen and oxygen atoms in total. The van der Waals surface area contributed by atoms with E-state index in [0.29, 0.717) is 11.3 Å². The number of carbonyl (C=O) groups is 2. The van der Waals surface area contributed by atoms with E-state index in [0.717, 1.165) is 16.3 Å². The zero-order valence-corrected chi connectivity index (χ0v) is 16.5. The normalized spacial score (nSPS) is 10.5. The molecule has 0 unspecified atom stereocenters. The van der Waals surface area contributed by atoms with Gasteiger partial charge in [-0.3, -0.25) is 25.8 Å². The summed E-state index contributed by atoms with van der Waals surface area (Å²) >= 11 is 5.03. The van der Waals surface area contributed by atoms with Crippen LogP contribution in [0, 0.1) is 0 Å². The van der Waals surface area contributed by atoms with Gasteiger partial charge in [-0.1, -0.05) is 42.5 Å². The van der Waals surface area contributed by atoms with E-state index >= 15 is 0 Å². The minimum absolute atomic E-state index is 0.0144. The summed E-state index contributed by atoms with van der Waals surface area (Å²) in [6.07, 6.45) is 3.11. The highest BCUT2D eigenvalue weighted by Gasteiger charge is 2.07. The van der Waals surface area contributed by atoms with Gasteiger partial charge in [-0.05, 0) is 58.9 Å². The Bertz CT molecular complexity index is 1070. The lowest BCUT2D eigenvalue weighted by Crippen LogP contribution is -2.48. The fraction of sp³-hybridized carbons (Fsp3) is 0.0455. The van der Waals surface area contributed by atoms with E-state index in [4.69, 9.17) is 17.0 Å². The van der Waals surface area contributed by atoms with Crippen molar-refractivity contribution in [2.24, 2.45) is 0 Å². The van der Waals surface area contributed by atoms with Crippen LogP contribution in [0.25, 0.3) is 16.8 Å². The van der Waals surface area contributed by atoms with E-state index in [2.05, 4.69) is 16.2 Å². The van der Waals surface area contributed by atoms with Gasteiger partial charge in [-0.2, -0.15) is 0 Å². The molecule has 0 saturated carbocycles. The molecule has 0 spiro atoms. The fourth-order valence-electron chi connectivity index (χ4n) is 2.67. The monoisotopic (exact) mass is 405 g/mol. The van der Waals surface area contributed by atoms with Crippen LogP contribution in [0.1, 0.15) is 15.9 Å². The van der Waals surface area contributed by atoms with Crippen LogP contribution in [-0.2, 0) is 4.79 Å². The molecule has 29 heavy (non-hydrogen) atoms. The van der Waals surface area contributed by atoms with Crippen LogP contribution in [0.5, 0.6) is 5.75 Å². The van der Waals surface area contributed by atoms with Gasteiger partial charge in [0.2, 0.25) is 5.91 Å². The third-order valence-electron chi connectivity index (χ3n) is 4.12. The van der Waals surface area contributed by atoms with Crippen molar-refractivity contribution in [2.45, 2.75) is 0 Å². The average Bonchev–Trinajstić information content (AvgIpc) is 2.76. The molecule has 3 aromatic rings. The molecular weight excluding hydrogens is 386 g/mol. The van der Waals surface area contributed by atoms with E-state index in [1.54, 1.807) is 37.5 Å². The van der Waals surface area contributed by atoms with Crippen molar-refractivity contribution in [3.05, 3.63) is 83.9 Å². The molecule has 0 aliphatic rings. The maximum atomic E-state index is 12.1. The first-order chi connectivity index (χ1) is 14.1. The number of carbonyl (C=O) groups excluding carboxylic acids is 2. The van der Waals surface area contributed by atoms with Crippen LogP contribution in [-0.4, -0.2) is 24.0 Å². The lowest BCUT2D eigenvalue weighted by atomic mass is 10.0. The summed E-state index contributed by atoms with van der Waals surface area (Å²) in [5.41, 5.74) is 6.27. The van der Waals surface area contributed by atoms with Gasteiger partial charge in [-0.15, -0.1) is 0 Å². The third kappa shape index (κ3) is 5.40. The van der Waals surface area contributed by atoms with Crippen molar-refractivity contribution in [2.75, 3.05) is 7.11 Å². The number of hydrogen-bond acceptors (Lipinski definition) is 4. The largest absolute Gasteiger partial charge is 0.497 e. The number of amides is 2. The molecule has 0 radical (unpaired) electrons. The zero-order valence-electron chi connectivity index (χ0n) is 15.6. The van der Waals surface area contributed by atoms with E-state index in [-0.39, 0.29) is 5.11 Å². The molecule has 3 aromatic carbocycles. The number of benzene rings is 3. The number of methoxy groups -OCH3 is 1. The van der Waals surface area contributed by atoms with Crippen molar-refractivity contribution in [1.29, 1.82) is 0 Å². The van der Waals surface area contributed by atoms with Gasteiger partial charge in [0, 0.05) is 11.6 Å². The van der Waals surface area contributed by atoms with E-state index in [1.165, 1.54) is 6.08 Å². The molecule has 0 bridgehead atoms. The van der Waals surface area contributed by atoms with Crippen LogP contribution in [0.3, 0.4) is 0 Å². The molecule has 0 aliphatic heterocycles. The number of rotatable bonds is 4. The number of hydrazine groups is 1. The van der Waals surface area contributed by atoms with Crippen molar-refractivity contribution < 1.29 is 14.3 Å². The highest BCUT2D eigenvalue weighted by molar-refractivity contribution is 7.80.